The van der Waals surface area contributed by atoms with Gasteiger partial charge in [0.05, 0.1) is 17.7 Å². The first-order valence-corrected chi connectivity index (χ1v) is 8.27. The first-order valence-electron chi connectivity index (χ1n) is 7.89. The highest BCUT2D eigenvalue weighted by Crippen LogP contribution is 2.25. The summed E-state index contributed by atoms with van der Waals surface area (Å²) in [4.78, 5) is 14.3. The standard InChI is InChI=1S/C16H23ClFN3O2/c1-2-21(12-4-5-12)8-7-19-16(23)20-15(10-22)11-3-6-13(17)14(18)9-11/h3,6,9,12,15,22H,2,4-5,7-8,10H2,1H3,(H2,19,20,23). The van der Waals surface area contributed by atoms with Crippen molar-refractivity contribution < 1.29 is 14.3 Å². The third kappa shape index (κ3) is 5.34. The molecule has 0 spiro atoms. The van der Waals surface area contributed by atoms with E-state index in [-0.39, 0.29) is 17.7 Å². The molecule has 0 radical (unpaired) electrons. The van der Waals surface area contributed by atoms with Crippen LogP contribution in [-0.4, -0.2) is 48.3 Å². The Hall–Kier alpha value is -1.37. The van der Waals surface area contributed by atoms with Gasteiger partial charge in [-0.2, -0.15) is 0 Å². The third-order valence-electron chi connectivity index (χ3n) is 3.99. The van der Waals surface area contributed by atoms with Crippen molar-refractivity contribution in [3.05, 3.63) is 34.6 Å². The molecule has 1 aromatic carbocycles. The van der Waals surface area contributed by atoms with Gasteiger partial charge in [0.1, 0.15) is 5.82 Å². The van der Waals surface area contributed by atoms with Crippen LogP contribution in [-0.2, 0) is 0 Å². The van der Waals surface area contributed by atoms with E-state index < -0.39 is 11.9 Å². The minimum absolute atomic E-state index is 0.00891. The second-order valence-electron chi connectivity index (χ2n) is 5.67. The molecule has 1 saturated carbocycles. The van der Waals surface area contributed by atoms with Gasteiger partial charge in [0.15, 0.2) is 0 Å². The SMILES string of the molecule is CCN(CCNC(=O)NC(CO)c1ccc(Cl)c(F)c1)C1CC1. The van der Waals surface area contributed by atoms with E-state index in [4.69, 9.17) is 11.6 Å². The Morgan fingerprint density at radius 2 is 2.26 bits per heavy atom. The van der Waals surface area contributed by atoms with Crippen LogP contribution in [0.3, 0.4) is 0 Å². The zero-order chi connectivity index (χ0) is 16.8. The molecule has 3 N–H and O–H groups in total. The number of carbonyl (C=O) groups is 1. The second kappa shape index (κ2) is 8.47. The van der Waals surface area contributed by atoms with Crippen LogP contribution in [0.2, 0.25) is 5.02 Å². The van der Waals surface area contributed by atoms with Gasteiger partial charge >= 0.3 is 6.03 Å². The predicted molar refractivity (Wildman–Crippen MR) is 88.0 cm³/mol. The summed E-state index contributed by atoms with van der Waals surface area (Å²) in [5.74, 6) is -0.576. The fourth-order valence-electron chi connectivity index (χ4n) is 2.52. The molecule has 1 atom stereocenters. The van der Waals surface area contributed by atoms with Crippen molar-refractivity contribution in [3.8, 4) is 0 Å². The number of carbonyl (C=O) groups excluding carboxylic acids is 1. The van der Waals surface area contributed by atoms with Gasteiger partial charge in [0, 0.05) is 19.1 Å². The number of hydrogen-bond donors (Lipinski definition) is 3. The average Bonchev–Trinajstić information content (AvgIpc) is 3.37. The molecule has 1 aromatic rings. The maximum atomic E-state index is 13.5. The van der Waals surface area contributed by atoms with Crippen LogP contribution in [0.15, 0.2) is 18.2 Å². The highest BCUT2D eigenvalue weighted by Gasteiger charge is 2.27. The molecule has 0 aliphatic heterocycles. The largest absolute Gasteiger partial charge is 0.394 e. The molecule has 1 aliphatic rings. The van der Waals surface area contributed by atoms with Crippen molar-refractivity contribution in [2.24, 2.45) is 0 Å². The Labute approximate surface area is 140 Å². The lowest BCUT2D eigenvalue weighted by Gasteiger charge is -2.21. The van der Waals surface area contributed by atoms with Gasteiger partial charge in [-0.15, -0.1) is 0 Å². The molecule has 5 nitrogen and oxygen atoms in total. The summed E-state index contributed by atoms with van der Waals surface area (Å²) in [5, 5.41) is 14.8. The van der Waals surface area contributed by atoms with E-state index in [1.54, 1.807) is 6.07 Å². The van der Waals surface area contributed by atoms with Crippen molar-refractivity contribution >= 4 is 17.6 Å². The van der Waals surface area contributed by atoms with Crippen molar-refractivity contribution in [1.29, 1.82) is 0 Å². The fraction of sp³-hybridized carbons (Fsp3) is 0.562. The first kappa shape index (κ1) is 18.0. The molecule has 1 aliphatic carbocycles. The average molecular weight is 344 g/mol. The topological polar surface area (TPSA) is 64.6 Å². The zero-order valence-electron chi connectivity index (χ0n) is 13.2. The van der Waals surface area contributed by atoms with Crippen LogP contribution in [0.1, 0.15) is 31.4 Å². The molecule has 0 saturated heterocycles. The van der Waals surface area contributed by atoms with Gasteiger partial charge in [-0.05, 0) is 37.1 Å². The maximum Gasteiger partial charge on any atom is 0.315 e. The Bertz CT molecular complexity index is 540. The van der Waals surface area contributed by atoms with Gasteiger partial charge in [0.25, 0.3) is 0 Å². The molecule has 0 heterocycles. The quantitative estimate of drug-likeness (QED) is 0.678. The van der Waals surface area contributed by atoms with Gasteiger partial charge in [-0.25, -0.2) is 9.18 Å². The summed E-state index contributed by atoms with van der Waals surface area (Å²) in [6.45, 7) is 4.08. The molecule has 23 heavy (non-hydrogen) atoms. The lowest BCUT2D eigenvalue weighted by atomic mass is 10.1. The van der Waals surface area contributed by atoms with E-state index in [1.165, 1.54) is 25.0 Å². The number of hydrogen-bond acceptors (Lipinski definition) is 3. The Kier molecular flexibility index (Phi) is 6.62. The van der Waals surface area contributed by atoms with Gasteiger partial charge < -0.3 is 15.7 Å². The second-order valence-corrected chi connectivity index (χ2v) is 6.08. The number of halogens is 2. The molecule has 0 bridgehead atoms. The summed E-state index contributed by atoms with van der Waals surface area (Å²) in [6.07, 6.45) is 2.46. The Morgan fingerprint density at radius 1 is 1.52 bits per heavy atom. The van der Waals surface area contributed by atoms with Crippen molar-refractivity contribution in [2.75, 3.05) is 26.2 Å². The van der Waals surface area contributed by atoms with Gasteiger partial charge in [-0.1, -0.05) is 24.6 Å². The number of aliphatic hydroxyl groups excluding tert-OH is 1. The normalized spacial score (nSPS) is 15.5. The number of rotatable bonds is 8. The summed E-state index contributed by atoms with van der Waals surface area (Å²) >= 11 is 5.63. The van der Waals surface area contributed by atoms with E-state index >= 15 is 0 Å². The number of nitrogens with zero attached hydrogens (tertiary/aromatic N) is 1. The maximum absolute atomic E-state index is 13.5. The number of aliphatic hydroxyl groups is 1. The van der Waals surface area contributed by atoms with Crippen LogP contribution >= 0.6 is 11.6 Å². The summed E-state index contributed by atoms with van der Waals surface area (Å²) in [7, 11) is 0. The summed E-state index contributed by atoms with van der Waals surface area (Å²) in [6, 6.07) is 3.81. The summed E-state index contributed by atoms with van der Waals surface area (Å²) in [5.41, 5.74) is 0.470. The highest BCUT2D eigenvalue weighted by atomic mass is 35.5. The Morgan fingerprint density at radius 3 is 2.83 bits per heavy atom. The van der Waals surface area contributed by atoms with Gasteiger partial charge in [0.2, 0.25) is 0 Å². The number of benzene rings is 1. The molecule has 0 aromatic heterocycles. The lowest BCUT2D eigenvalue weighted by Crippen LogP contribution is -2.43. The molecule has 128 valence electrons. The van der Waals surface area contributed by atoms with E-state index in [9.17, 15) is 14.3 Å². The molecule has 7 heteroatoms. The van der Waals surface area contributed by atoms with Crippen LogP contribution in [0.25, 0.3) is 0 Å². The molecular formula is C16H23ClFN3O2. The van der Waals surface area contributed by atoms with E-state index in [1.807, 2.05) is 0 Å². The predicted octanol–water partition coefficient (Wildman–Crippen LogP) is 2.30. The molecule has 2 rings (SSSR count). The van der Waals surface area contributed by atoms with Crippen molar-refractivity contribution in [3.63, 3.8) is 0 Å². The van der Waals surface area contributed by atoms with Crippen LogP contribution in [0.4, 0.5) is 9.18 Å². The minimum Gasteiger partial charge on any atom is -0.394 e. The van der Waals surface area contributed by atoms with Crippen LogP contribution in [0.5, 0.6) is 0 Å². The number of nitrogens with one attached hydrogen (secondary N) is 2. The monoisotopic (exact) mass is 343 g/mol. The smallest absolute Gasteiger partial charge is 0.315 e. The molecule has 1 unspecified atom stereocenters. The Balaban J connectivity index is 1.80. The lowest BCUT2D eigenvalue weighted by molar-refractivity contribution is 0.213. The number of amides is 2. The van der Waals surface area contributed by atoms with Crippen molar-refractivity contribution in [1.82, 2.24) is 15.5 Å². The number of urea groups is 1. The fourth-order valence-corrected chi connectivity index (χ4v) is 2.64. The van der Waals surface area contributed by atoms with E-state index in [0.717, 1.165) is 13.1 Å². The van der Waals surface area contributed by atoms with Crippen LogP contribution < -0.4 is 10.6 Å². The first-order chi connectivity index (χ1) is 11.0. The molecule has 2 amide bonds. The zero-order valence-corrected chi connectivity index (χ0v) is 13.9. The number of likely N-dealkylation sites (N-methyl/N-ethyl adjacent to an activating group) is 1. The van der Waals surface area contributed by atoms with Gasteiger partial charge in [-0.3, -0.25) is 4.90 Å². The van der Waals surface area contributed by atoms with E-state index in [0.29, 0.717) is 18.2 Å². The molecule has 1 fully saturated rings. The van der Waals surface area contributed by atoms with Crippen molar-refractivity contribution in [2.45, 2.75) is 31.8 Å². The van der Waals surface area contributed by atoms with Crippen LogP contribution in [0, 0.1) is 5.82 Å². The van der Waals surface area contributed by atoms with E-state index in [2.05, 4.69) is 22.5 Å². The minimum atomic E-state index is -0.674. The third-order valence-corrected chi connectivity index (χ3v) is 4.29. The summed E-state index contributed by atoms with van der Waals surface area (Å²) < 4.78 is 13.5. The highest BCUT2D eigenvalue weighted by molar-refractivity contribution is 6.30. The molecular weight excluding hydrogens is 321 g/mol.